The molecule has 0 saturated carbocycles. The SMILES string of the molecule is CCC(CCO)NCc1cc(O)cc(F)c1. The summed E-state index contributed by atoms with van der Waals surface area (Å²) in [6, 6.07) is 4.21. The first-order chi connectivity index (χ1) is 7.65. The number of hydrogen-bond acceptors (Lipinski definition) is 3. The maximum Gasteiger partial charge on any atom is 0.127 e. The number of hydrogen-bond donors (Lipinski definition) is 3. The fourth-order valence-electron chi connectivity index (χ4n) is 1.60. The summed E-state index contributed by atoms with van der Waals surface area (Å²) in [4.78, 5) is 0. The Labute approximate surface area is 94.9 Å². The minimum atomic E-state index is -0.438. The lowest BCUT2D eigenvalue weighted by atomic mass is 10.1. The van der Waals surface area contributed by atoms with E-state index < -0.39 is 5.82 Å². The zero-order chi connectivity index (χ0) is 12.0. The van der Waals surface area contributed by atoms with E-state index in [-0.39, 0.29) is 18.4 Å². The van der Waals surface area contributed by atoms with Gasteiger partial charge >= 0.3 is 0 Å². The molecule has 0 spiro atoms. The second-order valence-corrected chi connectivity index (χ2v) is 3.82. The minimum absolute atomic E-state index is 0.0630. The van der Waals surface area contributed by atoms with Crippen molar-refractivity contribution in [3.63, 3.8) is 0 Å². The summed E-state index contributed by atoms with van der Waals surface area (Å²) in [5.41, 5.74) is 0.703. The van der Waals surface area contributed by atoms with Crippen molar-refractivity contribution in [1.29, 1.82) is 0 Å². The van der Waals surface area contributed by atoms with Crippen LogP contribution in [0.1, 0.15) is 25.3 Å². The molecule has 0 aliphatic rings. The average molecular weight is 227 g/mol. The Balaban J connectivity index is 2.52. The first-order valence-corrected chi connectivity index (χ1v) is 5.48. The topological polar surface area (TPSA) is 52.5 Å². The Morgan fingerprint density at radius 1 is 1.38 bits per heavy atom. The van der Waals surface area contributed by atoms with Crippen LogP contribution in [-0.2, 0) is 6.54 Å². The van der Waals surface area contributed by atoms with Crippen LogP contribution in [0.25, 0.3) is 0 Å². The van der Waals surface area contributed by atoms with E-state index in [9.17, 15) is 9.50 Å². The molecule has 1 unspecified atom stereocenters. The molecular formula is C12H18FNO2. The maximum absolute atomic E-state index is 13.0. The number of aliphatic hydroxyl groups is 1. The smallest absolute Gasteiger partial charge is 0.127 e. The lowest BCUT2D eigenvalue weighted by molar-refractivity contribution is 0.262. The molecule has 1 rings (SSSR count). The Hall–Kier alpha value is -1.13. The molecule has 0 heterocycles. The summed E-state index contributed by atoms with van der Waals surface area (Å²) in [7, 11) is 0. The molecule has 3 nitrogen and oxygen atoms in total. The van der Waals surface area contributed by atoms with Gasteiger partial charge in [0.15, 0.2) is 0 Å². The van der Waals surface area contributed by atoms with Gasteiger partial charge < -0.3 is 15.5 Å². The van der Waals surface area contributed by atoms with Gasteiger partial charge in [-0.1, -0.05) is 6.92 Å². The highest BCUT2D eigenvalue weighted by Gasteiger charge is 2.05. The number of phenolic OH excluding ortho intramolecular Hbond substituents is 1. The summed E-state index contributed by atoms with van der Waals surface area (Å²) in [5.74, 6) is -0.501. The molecule has 1 atom stereocenters. The van der Waals surface area contributed by atoms with E-state index in [1.807, 2.05) is 6.92 Å². The van der Waals surface area contributed by atoms with Gasteiger partial charge in [-0.15, -0.1) is 0 Å². The van der Waals surface area contributed by atoms with E-state index in [4.69, 9.17) is 5.11 Å². The third kappa shape index (κ3) is 4.16. The molecule has 0 saturated heterocycles. The number of aliphatic hydroxyl groups excluding tert-OH is 1. The average Bonchev–Trinajstić information content (AvgIpc) is 2.23. The van der Waals surface area contributed by atoms with Crippen molar-refractivity contribution < 1.29 is 14.6 Å². The molecule has 0 aliphatic carbocycles. The molecule has 90 valence electrons. The largest absolute Gasteiger partial charge is 0.508 e. The Morgan fingerprint density at radius 3 is 2.69 bits per heavy atom. The van der Waals surface area contributed by atoms with Gasteiger partial charge in [-0.3, -0.25) is 0 Å². The molecule has 4 heteroatoms. The zero-order valence-electron chi connectivity index (χ0n) is 9.41. The van der Waals surface area contributed by atoms with Crippen LogP contribution in [0, 0.1) is 5.82 Å². The maximum atomic E-state index is 13.0. The summed E-state index contributed by atoms with van der Waals surface area (Å²) in [5, 5.41) is 21.2. The molecule has 0 aliphatic heterocycles. The van der Waals surface area contributed by atoms with E-state index >= 15 is 0 Å². The van der Waals surface area contributed by atoms with Gasteiger partial charge in [-0.2, -0.15) is 0 Å². The molecule has 3 N–H and O–H groups in total. The minimum Gasteiger partial charge on any atom is -0.508 e. The van der Waals surface area contributed by atoms with Crippen LogP contribution in [0.5, 0.6) is 5.75 Å². The molecule has 16 heavy (non-hydrogen) atoms. The Morgan fingerprint density at radius 2 is 2.12 bits per heavy atom. The van der Waals surface area contributed by atoms with Crippen molar-refractivity contribution in [2.75, 3.05) is 6.61 Å². The van der Waals surface area contributed by atoms with Crippen LogP contribution in [0.3, 0.4) is 0 Å². The predicted octanol–water partition coefficient (Wildman–Crippen LogP) is 1.78. The van der Waals surface area contributed by atoms with Crippen molar-refractivity contribution in [1.82, 2.24) is 5.32 Å². The van der Waals surface area contributed by atoms with E-state index in [0.29, 0.717) is 18.5 Å². The van der Waals surface area contributed by atoms with Gasteiger partial charge in [-0.05, 0) is 30.5 Å². The highest BCUT2D eigenvalue weighted by Crippen LogP contribution is 2.14. The second-order valence-electron chi connectivity index (χ2n) is 3.82. The van der Waals surface area contributed by atoms with E-state index in [2.05, 4.69) is 5.32 Å². The van der Waals surface area contributed by atoms with Crippen LogP contribution in [-0.4, -0.2) is 22.9 Å². The van der Waals surface area contributed by atoms with Crippen LogP contribution in [0.4, 0.5) is 4.39 Å². The fourth-order valence-corrected chi connectivity index (χ4v) is 1.60. The molecule has 0 amide bonds. The van der Waals surface area contributed by atoms with Crippen molar-refractivity contribution >= 4 is 0 Å². The highest BCUT2D eigenvalue weighted by atomic mass is 19.1. The normalized spacial score (nSPS) is 12.7. The van der Waals surface area contributed by atoms with Gasteiger partial charge in [0.05, 0.1) is 0 Å². The monoisotopic (exact) mass is 227 g/mol. The third-order valence-electron chi connectivity index (χ3n) is 2.51. The lowest BCUT2D eigenvalue weighted by Crippen LogP contribution is -2.28. The molecular weight excluding hydrogens is 209 g/mol. The van der Waals surface area contributed by atoms with Gasteiger partial charge in [0, 0.05) is 25.3 Å². The summed E-state index contributed by atoms with van der Waals surface area (Å²) >= 11 is 0. The van der Waals surface area contributed by atoms with Crippen LogP contribution >= 0.6 is 0 Å². The number of benzene rings is 1. The first kappa shape index (κ1) is 12.9. The van der Waals surface area contributed by atoms with Crippen LogP contribution in [0.15, 0.2) is 18.2 Å². The van der Waals surface area contributed by atoms with Gasteiger partial charge in [0.25, 0.3) is 0 Å². The molecule has 1 aromatic carbocycles. The van der Waals surface area contributed by atoms with Crippen LogP contribution < -0.4 is 5.32 Å². The highest BCUT2D eigenvalue weighted by molar-refractivity contribution is 5.28. The lowest BCUT2D eigenvalue weighted by Gasteiger charge is -2.15. The summed E-state index contributed by atoms with van der Waals surface area (Å²) < 4.78 is 13.0. The van der Waals surface area contributed by atoms with Gasteiger partial charge in [0.2, 0.25) is 0 Å². The van der Waals surface area contributed by atoms with E-state index in [1.54, 1.807) is 0 Å². The molecule has 0 bridgehead atoms. The number of aromatic hydroxyl groups is 1. The third-order valence-corrected chi connectivity index (χ3v) is 2.51. The standard InChI is InChI=1S/C12H18FNO2/c1-2-11(3-4-15)14-8-9-5-10(13)7-12(16)6-9/h5-7,11,14-16H,2-4,8H2,1H3. The molecule has 1 aromatic rings. The Kier molecular flexibility index (Phi) is 5.22. The van der Waals surface area contributed by atoms with Gasteiger partial charge in [-0.25, -0.2) is 4.39 Å². The quantitative estimate of drug-likeness (QED) is 0.694. The number of phenols is 1. The van der Waals surface area contributed by atoms with Crippen molar-refractivity contribution in [2.24, 2.45) is 0 Å². The van der Waals surface area contributed by atoms with Crippen LogP contribution in [0.2, 0.25) is 0 Å². The number of nitrogens with one attached hydrogen (secondary N) is 1. The summed E-state index contributed by atoms with van der Waals surface area (Å²) in [6.07, 6.45) is 1.58. The fraction of sp³-hybridized carbons (Fsp3) is 0.500. The van der Waals surface area contributed by atoms with Crippen molar-refractivity contribution in [3.05, 3.63) is 29.6 Å². The molecule has 0 aromatic heterocycles. The molecule has 0 radical (unpaired) electrons. The zero-order valence-corrected chi connectivity index (χ0v) is 9.41. The van der Waals surface area contributed by atoms with Crippen molar-refractivity contribution in [2.45, 2.75) is 32.4 Å². The number of rotatable bonds is 6. The second kappa shape index (κ2) is 6.45. The first-order valence-electron chi connectivity index (χ1n) is 5.48. The molecule has 0 fully saturated rings. The summed E-state index contributed by atoms with van der Waals surface area (Å²) in [6.45, 7) is 2.65. The predicted molar refractivity (Wildman–Crippen MR) is 60.7 cm³/mol. The van der Waals surface area contributed by atoms with Crippen molar-refractivity contribution in [3.8, 4) is 5.75 Å². The van der Waals surface area contributed by atoms with E-state index in [0.717, 1.165) is 12.5 Å². The Bertz CT molecular complexity index is 311. The number of halogens is 1. The van der Waals surface area contributed by atoms with Gasteiger partial charge in [0.1, 0.15) is 11.6 Å². The van der Waals surface area contributed by atoms with E-state index in [1.165, 1.54) is 12.1 Å².